The summed E-state index contributed by atoms with van der Waals surface area (Å²) in [5.74, 6) is -0.112. The zero-order valence-corrected chi connectivity index (χ0v) is 11.0. The number of amides is 1. The van der Waals surface area contributed by atoms with Crippen molar-refractivity contribution in [3.8, 4) is 0 Å². The molecule has 0 bridgehead atoms. The van der Waals surface area contributed by atoms with Gasteiger partial charge in [-0.3, -0.25) is 4.79 Å². The molecule has 0 saturated heterocycles. The number of hydrogen-bond acceptors (Lipinski definition) is 2. The van der Waals surface area contributed by atoms with Gasteiger partial charge < -0.3 is 11.1 Å². The number of nitrogens with two attached hydrogens (primary N) is 1. The molecule has 2 atom stereocenters. The maximum atomic E-state index is 11.8. The van der Waals surface area contributed by atoms with Crippen LogP contribution in [0.4, 0.5) is 0 Å². The Labute approximate surface area is 107 Å². The predicted molar refractivity (Wildman–Crippen MR) is 70.8 cm³/mol. The van der Waals surface area contributed by atoms with E-state index in [0.29, 0.717) is 11.6 Å². The predicted octanol–water partition coefficient (Wildman–Crippen LogP) is 2.50. The fourth-order valence-electron chi connectivity index (χ4n) is 1.65. The van der Waals surface area contributed by atoms with Gasteiger partial charge in [0.1, 0.15) is 0 Å². The molecule has 0 heterocycles. The van der Waals surface area contributed by atoms with Crippen molar-refractivity contribution in [3.63, 3.8) is 0 Å². The minimum Gasteiger partial charge on any atom is -0.349 e. The van der Waals surface area contributed by atoms with Gasteiger partial charge in [0.25, 0.3) is 0 Å². The van der Waals surface area contributed by atoms with Crippen LogP contribution in [0, 0.1) is 5.92 Å². The lowest BCUT2D eigenvalue weighted by molar-refractivity contribution is -0.125. The number of hydrogen-bond donors (Lipinski definition) is 2. The summed E-state index contributed by atoms with van der Waals surface area (Å²) in [6.45, 7) is 4.28. The van der Waals surface area contributed by atoms with E-state index in [-0.39, 0.29) is 17.9 Å². The Kier molecular flexibility index (Phi) is 5.45. The van der Waals surface area contributed by atoms with E-state index in [9.17, 15) is 4.79 Å². The van der Waals surface area contributed by atoms with Crippen LogP contribution in [0.15, 0.2) is 24.3 Å². The largest absolute Gasteiger partial charge is 0.349 e. The third-order valence-corrected chi connectivity index (χ3v) is 3.09. The van der Waals surface area contributed by atoms with Gasteiger partial charge in [0.05, 0.1) is 6.04 Å². The highest BCUT2D eigenvalue weighted by molar-refractivity contribution is 6.30. The number of carbonyl (C=O) groups is 1. The van der Waals surface area contributed by atoms with Gasteiger partial charge in [-0.15, -0.1) is 0 Å². The monoisotopic (exact) mass is 254 g/mol. The Hall–Kier alpha value is -1.06. The zero-order chi connectivity index (χ0) is 12.8. The Bertz CT molecular complexity index is 377. The van der Waals surface area contributed by atoms with Gasteiger partial charge >= 0.3 is 0 Å². The van der Waals surface area contributed by atoms with Gasteiger partial charge in [-0.05, 0) is 31.0 Å². The third-order valence-electron chi connectivity index (χ3n) is 2.86. The molecule has 0 aliphatic rings. The van der Waals surface area contributed by atoms with Crippen molar-refractivity contribution >= 4 is 17.5 Å². The second-order valence-corrected chi connectivity index (χ2v) is 4.56. The number of nitrogens with one attached hydrogen (secondary N) is 1. The number of carbonyl (C=O) groups excluding carboxylic acids is 1. The summed E-state index contributed by atoms with van der Waals surface area (Å²) in [5, 5.41) is 3.62. The molecule has 94 valence electrons. The van der Waals surface area contributed by atoms with Gasteiger partial charge in [-0.25, -0.2) is 0 Å². The Morgan fingerprint density at radius 2 is 2.24 bits per heavy atom. The van der Waals surface area contributed by atoms with E-state index >= 15 is 0 Å². The molecule has 3 nitrogen and oxygen atoms in total. The molecular weight excluding hydrogens is 236 g/mol. The fraction of sp³-hybridized carbons (Fsp3) is 0.462. The van der Waals surface area contributed by atoms with E-state index < -0.39 is 0 Å². The van der Waals surface area contributed by atoms with Crippen LogP contribution in [0.25, 0.3) is 0 Å². The van der Waals surface area contributed by atoms with Gasteiger partial charge in [0, 0.05) is 17.5 Å². The second kappa shape index (κ2) is 6.62. The minimum absolute atomic E-state index is 0.00229. The van der Waals surface area contributed by atoms with E-state index in [0.717, 1.165) is 12.0 Å². The standard InChI is InChI=1S/C13H19ClN2O/c1-3-10(8-15)13(17)16-9(2)11-5-4-6-12(14)7-11/h4-7,9-10H,3,8,15H2,1-2H3,(H,16,17). The molecule has 0 aliphatic heterocycles. The second-order valence-electron chi connectivity index (χ2n) is 4.13. The Morgan fingerprint density at radius 1 is 1.53 bits per heavy atom. The SMILES string of the molecule is CCC(CN)C(=O)NC(C)c1cccc(Cl)c1. The van der Waals surface area contributed by atoms with Crippen molar-refractivity contribution in [2.45, 2.75) is 26.3 Å². The van der Waals surface area contributed by atoms with Gasteiger partial charge in [-0.1, -0.05) is 30.7 Å². The lowest BCUT2D eigenvalue weighted by Crippen LogP contribution is -2.36. The summed E-state index contributed by atoms with van der Waals surface area (Å²) in [6.07, 6.45) is 0.755. The van der Waals surface area contributed by atoms with Gasteiger partial charge in [0.2, 0.25) is 5.91 Å². The van der Waals surface area contributed by atoms with Crippen molar-refractivity contribution in [1.82, 2.24) is 5.32 Å². The summed E-state index contributed by atoms with van der Waals surface area (Å²) in [6, 6.07) is 7.44. The first-order valence-corrected chi connectivity index (χ1v) is 6.22. The molecular formula is C13H19ClN2O. The topological polar surface area (TPSA) is 55.1 Å². The first-order valence-electron chi connectivity index (χ1n) is 5.84. The number of rotatable bonds is 5. The number of halogens is 1. The first-order chi connectivity index (χ1) is 8.08. The summed E-state index contributed by atoms with van der Waals surface area (Å²) < 4.78 is 0. The highest BCUT2D eigenvalue weighted by atomic mass is 35.5. The highest BCUT2D eigenvalue weighted by Gasteiger charge is 2.17. The van der Waals surface area contributed by atoms with Crippen LogP contribution in [0.1, 0.15) is 31.9 Å². The molecule has 1 rings (SSSR count). The summed E-state index contributed by atoms with van der Waals surface area (Å²) in [7, 11) is 0. The van der Waals surface area contributed by atoms with Crippen LogP contribution in [0.3, 0.4) is 0 Å². The first kappa shape index (κ1) is 14.0. The van der Waals surface area contributed by atoms with E-state index in [1.807, 2.05) is 38.1 Å². The maximum absolute atomic E-state index is 11.8. The summed E-state index contributed by atoms with van der Waals surface area (Å²) in [4.78, 5) is 11.8. The van der Waals surface area contributed by atoms with E-state index in [4.69, 9.17) is 17.3 Å². The summed E-state index contributed by atoms with van der Waals surface area (Å²) in [5.41, 5.74) is 6.54. The normalized spacial score (nSPS) is 14.1. The lowest BCUT2D eigenvalue weighted by Gasteiger charge is -2.18. The van der Waals surface area contributed by atoms with Crippen molar-refractivity contribution in [2.24, 2.45) is 11.7 Å². The molecule has 0 spiro atoms. The van der Waals surface area contributed by atoms with Gasteiger partial charge in [-0.2, -0.15) is 0 Å². The minimum atomic E-state index is -0.114. The molecule has 0 fully saturated rings. The van der Waals surface area contributed by atoms with Crippen LogP contribution in [0.2, 0.25) is 5.02 Å². The van der Waals surface area contributed by atoms with E-state index in [1.54, 1.807) is 0 Å². The molecule has 4 heteroatoms. The fourth-order valence-corrected chi connectivity index (χ4v) is 1.85. The molecule has 17 heavy (non-hydrogen) atoms. The Balaban J connectivity index is 2.66. The van der Waals surface area contributed by atoms with Crippen LogP contribution < -0.4 is 11.1 Å². The third kappa shape index (κ3) is 4.02. The summed E-state index contributed by atoms with van der Waals surface area (Å²) >= 11 is 5.91. The average Bonchev–Trinajstić information content (AvgIpc) is 2.30. The zero-order valence-electron chi connectivity index (χ0n) is 10.2. The molecule has 1 amide bonds. The molecule has 2 unspecified atom stereocenters. The quantitative estimate of drug-likeness (QED) is 0.848. The molecule has 1 aromatic carbocycles. The molecule has 0 saturated carbocycles. The van der Waals surface area contributed by atoms with Crippen LogP contribution in [0.5, 0.6) is 0 Å². The molecule has 1 aromatic rings. The smallest absolute Gasteiger partial charge is 0.224 e. The lowest BCUT2D eigenvalue weighted by atomic mass is 10.0. The van der Waals surface area contributed by atoms with Crippen molar-refractivity contribution in [1.29, 1.82) is 0 Å². The maximum Gasteiger partial charge on any atom is 0.224 e. The molecule has 0 aliphatic carbocycles. The Morgan fingerprint density at radius 3 is 2.76 bits per heavy atom. The van der Waals surface area contributed by atoms with Crippen molar-refractivity contribution < 1.29 is 4.79 Å². The molecule has 0 radical (unpaired) electrons. The molecule has 3 N–H and O–H groups in total. The average molecular weight is 255 g/mol. The van der Waals surface area contributed by atoms with E-state index in [1.165, 1.54) is 0 Å². The van der Waals surface area contributed by atoms with Crippen LogP contribution in [-0.4, -0.2) is 12.5 Å². The van der Waals surface area contributed by atoms with Crippen molar-refractivity contribution in [2.75, 3.05) is 6.54 Å². The molecule has 0 aromatic heterocycles. The van der Waals surface area contributed by atoms with E-state index in [2.05, 4.69) is 5.32 Å². The van der Waals surface area contributed by atoms with Crippen LogP contribution >= 0.6 is 11.6 Å². The van der Waals surface area contributed by atoms with Crippen molar-refractivity contribution in [3.05, 3.63) is 34.9 Å². The number of benzene rings is 1. The van der Waals surface area contributed by atoms with Crippen LogP contribution in [-0.2, 0) is 4.79 Å². The van der Waals surface area contributed by atoms with Gasteiger partial charge in [0.15, 0.2) is 0 Å². The highest BCUT2D eigenvalue weighted by Crippen LogP contribution is 2.17.